The van der Waals surface area contributed by atoms with Crippen LogP contribution in [-0.2, 0) is 16.6 Å². The number of benzene rings is 4. The molecule has 0 fully saturated rings. The van der Waals surface area contributed by atoms with E-state index in [4.69, 9.17) is 0 Å². The van der Waals surface area contributed by atoms with E-state index < -0.39 is 67.9 Å². The second kappa shape index (κ2) is 12.7. The molecule has 45 heavy (non-hydrogen) atoms. The number of anilines is 2. The number of carbonyl (C=O) groups is 2. The molecular weight excluding hydrogens is 616 g/mol. The van der Waals surface area contributed by atoms with Crippen LogP contribution in [-0.4, -0.2) is 11.8 Å². The molecule has 224 valence electrons. The summed E-state index contributed by atoms with van der Waals surface area (Å²) in [5.74, 6) is -5.42. The Morgan fingerprint density at radius 3 is 1.22 bits per heavy atom. The monoisotopic (exact) mass is 642 g/mol. The molecule has 0 spiro atoms. The van der Waals surface area contributed by atoms with Crippen LogP contribution in [0.2, 0.25) is 8.45 Å². The van der Waals surface area contributed by atoms with E-state index in [1.54, 1.807) is 109 Å². The van der Waals surface area contributed by atoms with Gasteiger partial charge in [-0.15, -0.1) is 0 Å². The maximum absolute atomic E-state index is 16.9. The molecule has 4 aromatic carbocycles. The molecule has 6 rings (SSSR count). The first kappa shape index (κ1) is 30.2. The fourth-order valence-corrected chi connectivity index (χ4v) is 14.9. The molecule has 0 heterocycles. The summed E-state index contributed by atoms with van der Waals surface area (Å²) in [5.41, 5.74) is -0.140. The molecule has 0 saturated carbocycles. The second-order valence-corrected chi connectivity index (χ2v) is 17.0. The molecule has 2 aliphatic rings. The third-order valence-electron chi connectivity index (χ3n) is 8.13. The quantitative estimate of drug-likeness (QED) is 0.153. The number of allylic oxidation sites excluding steroid dienone is 8. The van der Waals surface area contributed by atoms with E-state index in [0.29, 0.717) is 0 Å². The Morgan fingerprint density at radius 1 is 0.511 bits per heavy atom. The minimum atomic E-state index is -5.12. The Balaban J connectivity index is 1.58. The molecule has 0 aliphatic heterocycles. The Morgan fingerprint density at radius 2 is 0.867 bits per heavy atom. The number of hydrogen-bond acceptors (Lipinski definition) is 2. The Bertz CT molecular complexity index is 1740. The van der Waals surface area contributed by atoms with Crippen LogP contribution >= 0.6 is 0 Å². The van der Waals surface area contributed by atoms with Crippen molar-refractivity contribution >= 4 is 30.9 Å². The maximum atomic E-state index is 16.9. The number of carbonyl (C=O) groups excluding carboxylic acids is 2. The molecule has 2 amide bonds. The zero-order valence-electron chi connectivity index (χ0n) is 23.7. The van der Waals surface area contributed by atoms with Crippen molar-refractivity contribution in [3.05, 3.63) is 168 Å². The Kier molecular flexibility index (Phi) is 8.52. The number of amides is 2. The Labute approximate surface area is 260 Å². The number of halogens is 4. The average Bonchev–Trinajstić information content (AvgIpc) is 3.80. The van der Waals surface area contributed by atoms with Crippen molar-refractivity contribution in [1.29, 1.82) is 0 Å². The van der Waals surface area contributed by atoms with Gasteiger partial charge in [-0.2, -0.15) is 0 Å². The fraction of sp³-hybridized carbons (Fsp3) is 0.0556. The van der Waals surface area contributed by atoms with Gasteiger partial charge in [-0.3, -0.25) is 0 Å². The molecule has 4 aromatic rings. The molecule has 2 aliphatic carbocycles. The van der Waals surface area contributed by atoms with Crippen LogP contribution in [0.25, 0.3) is 0 Å². The van der Waals surface area contributed by atoms with Gasteiger partial charge in [0.05, 0.1) is 0 Å². The van der Waals surface area contributed by atoms with E-state index >= 15 is 17.6 Å². The second-order valence-electron chi connectivity index (χ2n) is 10.7. The van der Waals surface area contributed by atoms with Gasteiger partial charge in [0.15, 0.2) is 0 Å². The van der Waals surface area contributed by atoms with Crippen molar-refractivity contribution in [2.24, 2.45) is 0 Å². The first-order valence-corrected chi connectivity index (χ1v) is 17.6. The van der Waals surface area contributed by atoms with Gasteiger partial charge in [0.1, 0.15) is 0 Å². The SMILES string of the molecule is O=C(Nc1ccc(F)[c]([Ti]([c]2c(F)ccc(NC(=O)c3ccccc3)c2F)([CH]2C=CC=C2)[CH]2C=CC=C2)c1F)c1ccccc1. The Hall–Kier alpha value is -4.79. The fourth-order valence-electron chi connectivity index (χ4n) is 6.11. The topological polar surface area (TPSA) is 58.2 Å². The van der Waals surface area contributed by atoms with Gasteiger partial charge >= 0.3 is 262 Å². The summed E-state index contributed by atoms with van der Waals surface area (Å²) in [6.07, 6.45) is 13.5. The average molecular weight is 642 g/mol. The van der Waals surface area contributed by atoms with Crippen LogP contribution in [0.1, 0.15) is 20.7 Å². The first-order valence-electron chi connectivity index (χ1n) is 14.2. The predicted octanol–water partition coefficient (Wildman–Crippen LogP) is 7.68. The van der Waals surface area contributed by atoms with E-state index in [2.05, 4.69) is 10.6 Å². The van der Waals surface area contributed by atoms with Gasteiger partial charge in [-0.1, -0.05) is 0 Å². The van der Waals surface area contributed by atoms with Crippen LogP contribution in [0, 0.1) is 23.3 Å². The number of nitrogens with one attached hydrogen (secondary N) is 2. The summed E-state index contributed by atoms with van der Waals surface area (Å²) in [5, 5.41) is 5.03. The zero-order chi connectivity index (χ0) is 31.6. The molecule has 0 bridgehead atoms. The summed E-state index contributed by atoms with van der Waals surface area (Å²) in [7, 11) is 0. The molecule has 0 aromatic heterocycles. The van der Waals surface area contributed by atoms with Gasteiger partial charge in [0, 0.05) is 0 Å². The van der Waals surface area contributed by atoms with Crippen LogP contribution in [0.15, 0.2) is 134 Å². The first-order chi connectivity index (χ1) is 21.8. The van der Waals surface area contributed by atoms with Crippen LogP contribution in [0.5, 0.6) is 0 Å². The van der Waals surface area contributed by atoms with Crippen LogP contribution in [0.3, 0.4) is 0 Å². The van der Waals surface area contributed by atoms with Crippen LogP contribution in [0.4, 0.5) is 28.9 Å². The molecule has 2 N–H and O–H groups in total. The molecule has 9 heteroatoms. The summed E-state index contributed by atoms with van der Waals surface area (Å²) < 4.78 is 63.8. The van der Waals surface area contributed by atoms with Gasteiger partial charge in [-0.25, -0.2) is 0 Å². The van der Waals surface area contributed by atoms with E-state index in [9.17, 15) is 9.59 Å². The molecule has 0 atom stereocenters. The van der Waals surface area contributed by atoms with Crippen molar-refractivity contribution in [1.82, 2.24) is 0 Å². The van der Waals surface area contributed by atoms with Crippen molar-refractivity contribution in [3.8, 4) is 0 Å². The van der Waals surface area contributed by atoms with Gasteiger partial charge in [-0.05, 0) is 0 Å². The van der Waals surface area contributed by atoms with Gasteiger partial charge in [0.25, 0.3) is 0 Å². The standard InChI is InChI=1S/2C13H8F2NO.2C5H5.Ti/c2*14-10-6-7-12(11(15)8-10)16-13(17)9-4-2-1-3-5-9;2*1-2-4-5-3-1;/h2*1-7H,(H,16,17);2*1-5H;. The predicted molar refractivity (Wildman–Crippen MR) is 165 cm³/mol. The van der Waals surface area contributed by atoms with Gasteiger partial charge in [0.2, 0.25) is 0 Å². The molecule has 0 saturated heterocycles. The third-order valence-corrected chi connectivity index (χ3v) is 16.6. The van der Waals surface area contributed by atoms with Crippen molar-refractivity contribution in [3.63, 3.8) is 0 Å². The van der Waals surface area contributed by atoms with Crippen LogP contribution < -0.4 is 18.4 Å². The molecular formula is C36H26F4N2O2Ti. The van der Waals surface area contributed by atoms with Gasteiger partial charge < -0.3 is 0 Å². The zero-order valence-corrected chi connectivity index (χ0v) is 25.2. The molecule has 0 unspecified atom stereocenters. The van der Waals surface area contributed by atoms with Crippen molar-refractivity contribution in [2.75, 3.05) is 10.6 Å². The number of rotatable bonds is 8. The van der Waals surface area contributed by atoms with Crippen molar-refractivity contribution in [2.45, 2.75) is 8.45 Å². The molecule has 0 radical (unpaired) electrons. The van der Waals surface area contributed by atoms with Crippen molar-refractivity contribution < 1.29 is 43.7 Å². The number of hydrogen-bond donors (Lipinski definition) is 2. The summed E-state index contributed by atoms with van der Waals surface area (Å²) in [4.78, 5) is 26.0. The van der Waals surface area contributed by atoms with E-state index in [1.165, 1.54) is 0 Å². The molecule has 4 nitrogen and oxygen atoms in total. The normalized spacial score (nSPS) is 14.3. The third kappa shape index (κ3) is 5.52. The summed E-state index contributed by atoms with van der Waals surface area (Å²) >= 11 is -5.12. The minimum absolute atomic E-state index is 0.248. The summed E-state index contributed by atoms with van der Waals surface area (Å²) in [6.45, 7) is 0. The summed E-state index contributed by atoms with van der Waals surface area (Å²) in [6, 6.07) is 20.4. The van der Waals surface area contributed by atoms with E-state index in [1.807, 2.05) is 0 Å². The van der Waals surface area contributed by atoms with E-state index in [-0.39, 0.29) is 22.5 Å². The van der Waals surface area contributed by atoms with E-state index in [0.717, 1.165) is 24.3 Å².